The van der Waals surface area contributed by atoms with Crippen molar-refractivity contribution in [3.05, 3.63) is 57.8 Å². The Morgan fingerprint density at radius 2 is 1.78 bits per heavy atom. The Balaban J connectivity index is 0.00000264. The SMILES string of the molecule is CN=C(NCc1ccsc1)NCc1cccc(CN(C)C)c1.I. The fourth-order valence-corrected chi connectivity index (χ4v) is 2.86. The molecule has 0 bridgehead atoms. The second-order valence-corrected chi connectivity index (χ2v) is 6.25. The standard InChI is InChI=1S/C17H24N4S.HI/c1-18-17(20-11-16-7-8-22-13-16)19-10-14-5-4-6-15(9-14)12-21(2)3;/h4-9,13H,10-12H2,1-3H3,(H2,18,19,20);1H. The molecule has 0 radical (unpaired) electrons. The van der Waals surface area contributed by atoms with Gasteiger partial charge in [0.15, 0.2) is 5.96 Å². The van der Waals surface area contributed by atoms with Crippen LogP contribution in [-0.4, -0.2) is 32.0 Å². The molecule has 6 heteroatoms. The van der Waals surface area contributed by atoms with E-state index in [0.29, 0.717) is 0 Å². The molecule has 0 saturated carbocycles. The summed E-state index contributed by atoms with van der Waals surface area (Å²) >= 11 is 1.71. The topological polar surface area (TPSA) is 39.7 Å². The number of nitrogens with one attached hydrogen (secondary N) is 2. The lowest BCUT2D eigenvalue weighted by Crippen LogP contribution is -2.36. The van der Waals surface area contributed by atoms with Gasteiger partial charge in [-0.3, -0.25) is 4.99 Å². The van der Waals surface area contributed by atoms with E-state index in [1.54, 1.807) is 18.4 Å². The molecule has 0 atom stereocenters. The Bertz CT molecular complexity index is 596. The van der Waals surface area contributed by atoms with Gasteiger partial charge < -0.3 is 15.5 Å². The summed E-state index contributed by atoms with van der Waals surface area (Å²) < 4.78 is 0. The van der Waals surface area contributed by atoms with Crippen LogP contribution in [0.4, 0.5) is 0 Å². The lowest BCUT2D eigenvalue weighted by atomic mass is 10.1. The van der Waals surface area contributed by atoms with Crippen LogP contribution in [-0.2, 0) is 19.6 Å². The van der Waals surface area contributed by atoms with E-state index in [9.17, 15) is 0 Å². The molecule has 0 aliphatic rings. The van der Waals surface area contributed by atoms with Gasteiger partial charge in [0.25, 0.3) is 0 Å². The summed E-state index contributed by atoms with van der Waals surface area (Å²) in [4.78, 5) is 6.44. The Kier molecular flexibility index (Phi) is 9.20. The quantitative estimate of drug-likeness (QED) is 0.408. The number of hydrogen-bond acceptors (Lipinski definition) is 3. The lowest BCUT2D eigenvalue weighted by molar-refractivity contribution is 0.402. The van der Waals surface area contributed by atoms with Crippen LogP contribution in [0.5, 0.6) is 0 Å². The third-order valence-corrected chi connectivity index (χ3v) is 3.95. The van der Waals surface area contributed by atoms with Gasteiger partial charge in [0, 0.05) is 26.7 Å². The summed E-state index contributed by atoms with van der Waals surface area (Å²) in [6, 6.07) is 10.8. The number of guanidine groups is 1. The molecule has 1 aromatic carbocycles. The Morgan fingerprint density at radius 1 is 1.09 bits per heavy atom. The van der Waals surface area contributed by atoms with E-state index >= 15 is 0 Å². The number of benzene rings is 1. The molecule has 0 aliphatic carbocycles. The van der Waals surface area contributed by atoms with Gasteiger partial charge in [0.2, 0.25) is 0 Å². The highest BCUT2D eigenvalue weighted by atomic mass is 127. The second-order valence-electron chi connectivity index (χ2n) is 5.47. The van der Waals surface area contributed by atoms with Crippen LogP contribution >= 0.6 is 35.3 Å². The van der Waals surface area contributed by atoms with Crippen molar-refractivity contribution >= 4 is 41.3 Å². The largest absolute Gasteiger partial charge is 0.352 e. The molecule has 2 rings (SSSR count). The predicted molar refractivity (Wildman–Crippen MR) is 111 cm³/mol. The Morgan fingerprint density at radius 3 is 2.39 bits per heavy atom. The van der Waals surface area contributed by atoms with Crippen molar-refractivity contribution in [1.29, 1.82) is 0 Å². The zero-order chi connectivity index (χ0) is 15.8. The molecule has 0 aliphatic heterocycles. The maximum absolute atomic E-state index is 4.26. The molecule has 4 nitrogen and oxygen atoms in total. The number of aliphatic imine (C=N–C) groups is 1. The van der Waals surface area contributed by atoms with Gasteiger partial charge in [-0.1, -0.05) is 24.3 Å². The average molecular weight is 444 g/mol. The highest BCUT2D eigenvalue weighted by molar-refractivity contribution is 14.0. The van der Waals surface area contributed by atoms with Gasteiger partial charge in [-0.2, -0.15) is 11.3 Å². The van der Waals surface area contributed by atoms with E-state index in [1.165, 1.54) is 16.7 Å². The number of halogens is 1. The molecule has 0 amide bonds. The van der Waals surface area contributed by atoms with E-state index in [1.807, 2.05) is 0 Å². The van der Waals surface area contributed by atoms with Gasteiger partial charge in [-0.05, 0) is 47.6 Å². The third-order valence-electron chi connectivity index (χ3n) is 3.21. The first-order valence-corrected chi connectivity index (χ1v) is 8.30. The van der Waals surface area contributed by atoms with Crippen molar-refractivity contribution < 1.29 is 0 Å². The van der Waals surface area contributed by atoms with Gasteiger partial charge >= 0.3 is 0 Å². The van der Waals surface area contributed by atoms with E-state index in [2.05, 4.69) is 75.7 Å². The molecule has 2 N–H and O–H groups in total. The lowest BCUT2D eigenvalue weighted by Gasteiger charge is -2.13. The molecule has 0 saturated heterocycles. The van der Waals surface area contributed by atoms with Crippen molar-refractivity contribution in [2.75, 3.05) is 21.1 Å². The van der Waals surface area contributed by atoms with Crippen molar-refractivity contribution in [1.82, 2.24) is 15.5 Å². The molecule has 0 unspecified atom stereocenters. The van der Waals surface area contributed by atoms with E-state index in [0.717, 1.165) is 25.6 Å². The zero-order valence-electron chi connectivity index (χ0n) is 13.9. The normalized spacial score (nSPS) is 11.2. The molecule has 1 heterocycles. The zero-order valence-corrected chi connectivity index (χ0v) is 17.0. The molecule has 0 spiro atoms. The molecular weight excluding hydrogens is 419 g/mol. The summed E-state index contributed by atoms with van der Waals surface area (Å²) in [5.41, 5.74) is 3.87. The summed E-state index contributed by atoms with van der Waals surface area (Å²) in [6.07, 6.45) is 0. The fraction of sp³-hybridized carbons (Fsp3) is 0.353. The van der Waals surface area contributed by atoms with E-state index in [4.69, 9.17) is 0 Å². The maximum Gasteiger partial charge on any atom is 0.191 e. The first-order chi connectivity index (χ1) is 10.7. The average Bonchev–Trinajstić information content (AvgIpc) is 3.00. The third kappa shape index (κ3) is 7.32. The minimum Gasteiger partial charge on any atom is -0.352 e. The molecule has 23 heavy (non-hydrogen) atoms. The van der Waals surface area contributed by atoms with Gasteiger partial charge in [0.1, 0.15) is 0 Å². The highest BCUT2D eigenvalue weighted by Crippen LogP contribution is 2.07. The number of nitrogens with zero attached hydrogens (tertiary/aromatic N) is 2. The van der Waals surface area contributed by atoms with Gasteiger partial charge in [-0.25, -0.2) is 0 Å². The first kappa shape index (κ1) is 19.9. The summed E-state index contributed by atoms with van der Waals surface area (Å²) in [5, 5.41) is 10.9. The smallest absolute Gasteiger partial charge is 0.191 e. The predicted octanol–water partition coefficient (Wildman–Crippen LogP) is 3.29. The Hall–Kier alpha value is -1.12. The van der Waals surface area contributed by atoms with E-state index in [-0.39, 0.29) is 24.0 Å². The van der Waals surface area contributed by atoms with Crippen LogP contribution in [0, 0.1) is 0 Å². The van der Waals surface area contributed by atoms with Crippen LogP contribution < -0.4 is 10.6 Å². The molecule has 2 aromatic rings. The van der Waals surface area contributed by atoms with Crippen molar-refractivity contribution in [2.45, 2.75) is 19.6 Å². The summed E-state index contributed by atoms with van der Waals surface area (Å²) in [6.45, 7) is 2.52. The van der Waals surface area contributed by atoms with Crippen LogP contribution in [0.2, 0.25) is 0 Å². The molecule has 0 fully saturated rings. The maximum atomic E-state index is 4.26. The van der Waals surface area contributed by atoms with Crippen molar-refractivity contribution in [2.24, 2.45) is 4.99 Å². The van der Waals surface area contributed by atoms with Crippen LogP contribution in [0.15, 0.2) is 46.1 Å². The van der Waals surface area contributed by atoms with Crippen LogP contribution in [0.3, 0.4) is 0 Å². The van der Waals surface area contributed by atoms with Gasteiger partial charge in [-0.15, -0.1) is 24.0 Å². The molecule has 126 valence electrons. The van der Waals surface area contributed by atoms with Gasteiger partial charge in [0.05, 0.1) is 0 Å². The summed E-state index contributed by atoms with van der Waals surface area (Å²) in [7, 11) is 5.97. The van der Waals surface area contributed by atoms with E-state index < -0.39 is 0 Å². The Labute approximate surface area is 160 Å². The minimum absolute atomic E-state index is 0. The highest BCUT2D eigenvalue weighted by Gasteiger charge is 2.01. The van der Waals surface area contributed by atoms with Crippen LogP contribution in [0.1, 0.15) is 16.7 Å². The van der Waals surface area contributed by atoms with Crippen LogP contribution in [0.25, 0.3) is 0 Å². The summed E-state index contributed by atoms with van der Waals surface area (Å²) in [5.74, 6) is 0.823. The molecule has 1 aromatic heterocycles. The second kappa shape index (κ2) is 10.6. The monoisotopic (exact) mass is 444 g/mol. The fourth-order valence-electron chi connectivity index (χ4n) is 2.19. The first-order valence-electron chi connectivity index (χ1n) is 7.35. The minimum atomic E-state index is 0. The number of thiophene rings is 1. The molecular formula is C17H25IN4S. The number of hydrogen-bond donors (Lipinski definition) is 2. The van der Waals surface area contributed by atoms with Crippen molar-refractivity contribution in [3.8, 4) is 0 Å². The number of rotatable bonds is 6. The van der Waals surface area contributed by atoms with Crippen molar-refractivity contribution in [3.63, 3.8) is 0 Å².